The number of benzene rings is 2. The molecule has 3 aromatic rings. The van der Waals surface area contributed by atoms with Gasteiger partial charge in [0.2, 0.25) is 0 Å². The van der Waals surface area contributed by atoms with E-state index in [2.05, 4.69) is 31.9 Å². The maximum atomic E-state index is 15.0. The van der Waals surface area contributed by atoms with E-state index in [-0.39, 0.29) is 43.9 Å². The highest BCUT2D eigenvalue weighted by Gasteiger charge is 2.37. The van der Waals surface area contributed by atoms with Crippen LogP contribution in [0.5, 0.6) is 0 Å². The molecule has 2 heterocycles. The first-order valence-corrected chi connectivity index (χ1v) is 12.5. The first kappa shape index (κ1) is 25.0. The summed E-state index contributed by atoms with van der Waals surface area (Å²) in [5.74, 6) is -3.52. The van der Waals surface area contributed by atoms with E-state index in [1.807, 2.05) is 6.07 Å². The van der Waals surface area contributed by atoms with Gasteiger partial charge in [0.25, 0.3) is 5.56 Å². The van der Waals surface area contributed by atoms with Crippen LogP contribution in [0, 0.1) is 23.0 Å². The Morgan fingerprint density at radius 1 is 1.23 bits per heavy atom. The summed E-state index contributed by atoms with van der Waals surface area (Å²) in [6.07, 6.45) is 1.33. The normalized spacial score (nSPS) is 15.7. The minimum atomic E-state index is -1.22. The SMILES string of the molecule is CCOC(=O)C1=c2sc(=Cc3cc(Br)ccc3F)c(=O)n2C(N)=C(C#N)C1c1cc(Br)ccc1F. The molecule has 4 rings (SSSR count). The Balaban J connectivity index is 2.14. The highest BCUT2D eigenvalue weighted by Crippen LogP contribution is 2.38. The van der Waals surface area contributed by atoms with E-state index in [1.54, 1.807) is 6.92 Å². The van der Waals surface area contributed by atoms with Gasteiger partial charge in [0.15, 0.2) is 0 Å². The van der Waals surface area contributed by atoms with Gasteiger partial charge in [-0.2, -0.15) is 5.26 Å². The molecule has 2 N–H and O–H groups in total. The predicted octanol–water partition coefficient (Wildman–Crippen LogP) is 3.70. The molecule has 2 aromatic carbocycles. The molecule has 1 aromatic heterocycles. The predicted molar refractivity (Wildman–Crippen MR) is 135 cm³/mol. The number of hydrogen-bond acceptors (Lipinski definition) is 6. The molecule has 1 atom stereocenters. The number of thiazole rings is 1. The third kappa shape index (κ3) is 4.49. The summed E-state index contributed by atoms with van der Waals surface area (Å²) in [6, 6.07) is 10.3. The van der Waals surface area contributed by atoms with Crippen LogP contribution in [0.4, 0.5) is 8.78 Å². The summed E-state index contributed by atoms with van der Waals surface area (Å²) in [6.45, 7) is 1.61. The monoisotopic (exact) mass is 621 g/mol. The molecule has 1 aliphatic rings. The second kappa shape index (κ2) is 9.89. The number of nitriles is 1. The van der Waals surface area contributed by atoms with Crippen LogP contribution in [0.2, 0.25) is 0 Å². The maximum absolute atomic E-state index is 15.0. The first-order chi connectivity index (χ1) is 16.7. The molecular weight excluding hydrogens is 608 g/mol. The van der Waals surface area contributed by atoms with Crippen LogP contribution in [-0.4, -0.2) is 17.1 Å². The van der Waals surface area contributed by atoms with Crippen molar-refractivity contribution >= 4 is 66.6 Å². The van der Waals surface area contributed by atoms with E-state index in [9.17, 15) is 23.6 Å². The Bertz CT molecular complexity index is 1640. The number of halogens is 4. The molecule has 0 bridgehead atoms. The highest BCUT2D eigenvalue weighted by atomic mass is 79.9. The maximum Gasteiger partial charge on any atom is 0.338 e. The summed E-state index contributed by atoms with van der Waals surface area (Å²) < 4.78 is 36.8. The second-order valence-electron chi connectivity index (χ2n) is 7.37. The van der Waals surface area contributed by atoms with Crippen LogP contribution in [-0.2, 0) is 9.53 Å². The number of nitrogens with zero attached hydrogens (tertiary/aromatic N) is 2. The van der Waals surface area contributed by atoms with Gasteiger partial charge in [-0.1, -0.05) is 31.9 Å². The fourth-order valence-corrected chi connectivity index (χ4v) is 5.68. The number of carbonyl (C=O) groups excluding carboxylic acids is 1. The van der Waals surface area contributed by atoms with Crippen molar-refractivity contribution in [3.05, 3.63) is 93.2 Å². The van der Waals surface area contributed by atoms with E-state index in [0.29, 0.717) is 8.95 Å². The lowest BCUT2D eigenvalue weighted by molar-refractivity contribution is -0.136. The van der Waals surface area contributed by atoms with Gasteiger partial charge in [0.05, 0.1) is 34.3 Å². The van der Waals surface area contributed by atoms with Gasteiger partial charge < -0.3 is 10.5 Å². The minimum Gasteiger partial charge on any atom is -0.463 e. The van der Waals surface area contributed by atoms with E-state index < -0.39 is 29.1 Å². The zero-order valence-corrected chi connectivity index (χ0v) is 21.9. The van der Waals surface area contributed by atoms with Gasteiger partial charge >= 0.3 is 5.97 Å². The number of esters is 1. The molecule has 0 spiro atoms. The third-order valence-corrected chi connectivity index (χ3v) is 7.37. The number of allylic oxidation sites excluding steroid dienone is 1. The molecule has 0 radical (unpaired) electrons. The topological polar surface area (TPSA) is 98.1 Å². The van der Waals surface area contributed by atoms with Crippen LogP contribution in [0.1, 0.15) is 24.0 Å². The van der Waals surface area contributed by atoms with Gasteiger partial charge in [-0.05, 0) is 49.4 Å². The average Bonchev–Trinajstić information content (AvgIpc) is 3.13. The number of fused-ring (bicyclic) bond motifs is 1. The van der Waals surface area contributed by atoms with Gasteiger partial charge in [0.1, 0.15) is 22.1 Å². The fourth-order valence-electron chi connectivity index (χ4n) is 3.77. The third-order valence-electron chi connectivity index (χ3n) is 5.28. The van der Waals surface area contributed by atoms with Crippen molar-refractivity contribution in [1.82, 2.24) is 4.57 Å². The molecule has 0 saturated heterocycles. The second-order valence-corrected chi connectivity index (χ2v) is 10.2. The van der Waals surface area contributed by atoms with Crippen LogP contribution in [0.25, 0.3) is 17.5 Å². The number of hydrogen-bond donors (Lipinski definition) is 1. The molecule has 1 aliphatic heterocycles. The standard InChI is InChI=1S/C24H15Br2F2N3O3S/c1-2-34-24(33)20-19(14-9-13(26)4-6-17(14)28)15(10-29)21(30)31-22(32)18(35-23(20)31)8-11-7-12(25)3-5-16(11)27/h3-9,19H,2,30H2,1H3. The summed E-state index contributed by atoms with van der Waals surface area (Å²) in [7, 11) is 0. The molecule has 1 unspecified atom stereocenters. The molecule has 0 fully saturated rings. The van der Waals surface area contributed by atoms with Crippen LogP contribution in [0.15, 0.2) is 55.7 Å². The number of rotatable bonds is 4. The van der Waals surface area contributed by atoms with Gasteiger partial charge in [-0.25, -0.2) is 13.6 Å². The van der Waals surface area contributed by atoms with Crippen molar-refractivity contribution < 1.29 is 18.3 Å². The number of carbonyl (C=O) groups is 1. The lowest BCUT2D eigenvalue weighted by Gasteiger charge is -2.25. The Kier molecular flexibility index (Phi) is 7.07. The number of nitrogens with two attached hydrogens (primary N) is 1. The van der Waals surface area contributed by atoms with E-state index >= 15 is 0 Å². The Morgan fingerprint density at radius 2 is 1.89 bits per heavy atom. The highest BCUT2D eigenvalue weighted by molar-refractivity contribution is 9.10. The van der Waals surface area contributed by atoms with Crippen molar-refractivity contribution in [2.24, 2.45) is 5.73 Å². The lowest BCUT2D eigenvalue weighted by atomic mass is 9.83. The lowest BCUT2D eigenvalue weighted by Crippen LogP contribution is -2.40. The largest absolute Gasteiger partial charge is 0.463 e. The van der Waals surface area contributed by atoms with E-state index in [0.717, 1.165) is 15.9 Å². The molecule has 0 saturated carbocycles. The zero-order valence-electron chi connectivity index (χ0n) is 17.9. The van der Waals surface area contributed by atoms with Crippen molar-refractivity contribution in [3.8, 4) is 6.07 Å². The number of ether oxygens (including phenoxy) is 1. The van der Waals surface area contributed by atoms with Crippen LogP contribution < -0.4 is 20.5 Å². The molecule has 178 valence electrons. The van der Waals surface area contributed by atoms with Gasteiger partial charge in [-0.15, -0.1) is 11.3 Å². The van der Waals surface area contributed by atoms with Gasteiger partial charge in [0, 0.05) is 20.1 Å². The summed E-state index contributed by atoms with van der Waals surface area (Å²) in [4.78, 5) is 26.4. The zero-order chi connectivity index (χ0) is 25.4. The van der Waals surface area contributed by atoms with Gasteiger partial charge in [-0.3, -0.25) is 9.36 Å². The summed E-state index contributed by atoms with van der Waals surface area (Å²) in [5, 5.41) is 9.95. The Morgan fingerprint density at radius 3 is 2.54 bits per heavy atom. The first-order valence-electron chi connectivity index (χ1n) is 10.1. The van der Waals surface area contributed by atoms with Crippen molar-refractivity contribution in [2.75, 3.05) is 6.61 Å². The minimum absolute atomic E-state index is 0.00887. The van der Waals surface area contributed by atoms with E-state index in [4.69, 9.17) is 10.5 Å². The van der Waals surface area contributed by atoms with Crippen molar-refractivity contribution in [1.29, 1.82) is 5.26 Å². The molecule has 35 heavy (non-hydrogen) atoms. The molecular formula is C24H15Br2F2N3O3S. The molecule has 11 heteroatoms. The van der Waals surface area contributed by atoms with Crippen molar-refractivity contribution in [3.63, 3.8) is 0 Å². The number of aromatic nitrogens is 1. The average molecular weight is 623 g/mol. The summed E-state index contributed by atoms with van der Waals surface area (Å²) in [5.41, 5.74) is 5.45. The molecule has 0 aliphatic carbocycles. The molecule has 0 amide bonds. The smallest absolute Gasteiger partial charge is 0.338 e. The molecule has 6 nitrogen and oxygen atoms in total. The van der Waals surface area contributed by atoms with Crippen molar-refractivity contribution in [2.45, 2.75) is 12.8 Å². The fraction of sp³-hybridized carbons (Fsp3) is 0.125. The quantitative estimate of drug-likeness (QED) is 0.448. The summed E-state index contributed by atoms with van der Waals surface area (Å²) >= 11 is 7.43. The van der Waals surface area contributed by atoms with E-state index in [1.165, 1.54) is 42.5 Å². The van der Waals surface area contributed by atoms with Crippen LogP contribution >= 0.6 is 43.2 Å². The Hall–Kier alpha value is -3.07. The van der Waals surface area contributed by atoms with Crippen LogP contribution in [0.3, 0.4) is 0 Å². The Labute approximate surface area is 218 Å².